The topological polar surface area (TPSA) is 41.9 Å². The van der Waals surface area contributed by atoms with Crippen molar-refractivity contribution in [2.24, 2.45) is 0 Å². The molecular formula is C9H16FNO3. The van der Waals surface area contributed by atoms with Crippen LogP contribution in [0, 0.1) is 0 Å². The summed E-state index contributed by atoms with van der Waals surface area (Å²) in [6.07, 6.45) is -0.879. The number of aliphatic hydroxyl groups is 1. The van der Waals surface area contributed by atoms with Crippen molar-refractivity contribution >= 4 is 0 Å². The highest BCUT2D eigenvalue weighted by Gasteiger charge is 2.36. The first-order valence-corrected chi connectivity index (χ1v) is 4.96. The molecule has 0 radical (unpaired) electrons. The molecule has 0 amide bonds. The largest absolute Gasteiger partial charge is 0.389 e. The van der Waals surface area contributed by atoms with Gasteiger partial charge in [0.2, 0.25) is 0 Å². The molecule has 4 nitrogen and oxygen atoms in total. The van der Waals surface area contributed by atoms with Gasteiger partial charge in [-0.05, 0) is 0 Å². The highest BCUT2D eigenvalue weighted by atomic mass is 19.1. The van der Waals surface area contributed by atoms with Gasteiger partial charge in [0.15, 0.2) is 0 Å². The first-order valence-electron chi connectivity index (χ1n) is 4.96. The monoisotopic (exact) mass is 205 g/mol. The summed E-state index contributed by atoms with van der Waals surface area (Å²) in [4.78, 5) is 2.11. The van der Waals surface area contributed by atoms with Crippen LogP contribution in [0.1, 0.15) is 0 Å². The van der Waals surface area contributed by atoms with Crippen LogP contribution in [0.2, 0.25) is 0 Å². The number of hydrogen-bond acceptors (Lipinski definition) is 4. The maximum absolute atomic E-state index is 12.2. The molecule has 82 valence electrons. The number of fused-ring (bicyclic) bond motifs is 2. The standard InChI is InChI=1S/C9H16FNO3/c10-1-9(12)2-11-7-3-13-5-8(11)6-14-4-7/h7-9,12H,1-6H2. The Morgan fingerprint density at radius 1 is 1.21 bits per heavy atom. The molecular weight excluding hydrogens is 189 g/mol. The van der Waals surface area contributed by atoms with E-state index in [1.54, 1.807) is 0 Å². The summed E-state index contributed by atoms with van der Waals surface area (Å²) in [6.45, 7) is 2.19. The fourth-order valence-corrected chi connectivity index (χ4v) is 2.05. The molecule has 0 spiro atoms. The number of ether oxygens (including phenoxy) is 2. The lowest BCUT2D eigenvalue weighted by Gasteiger charge is -2.45. The molecule has 0 aromatic heterocycles. The Bertz CT molecular complexity index is 171. The van der Waals surface area contributed by atoms with Crippen molar-refractivity contribution in [1.82, 2.24) is 4.90 Å². The van der Waals surface area contributed by atoms with E-state index < -0.39 is 12.8 Å². The molecule has 5 heteroatoms. The van der Waals surface area contributed by atoms with Gasteiger partial charge in [0.05, 0.1) is 44.6 Å². The van der Waals surface area contributed by atoms with Crippen LogP contribution in [0.15, 0.2) is 0 Å². The summed E-state index contributed by atoms with van der Waals surface area (Å²) >= 11 is 0. The highest BCUT2D eigenvalue weighted by Crippen LogP contribution is 2.19. The van der Waals surface area contributed by atoms with Gasteiger partial charge in [0.25, 0.3) is 0 Å². The van der Waals surface area contributed by atoms with Crippen molar-refractivity contribution in [3.63, 3.8) is 0 Å². The number of halogens is 1. The minimum Gasteiger partial charge on any atom is -0.389 e. The van der Waals surface area contributed by atoms with Gasteiger partial charge in [-0.25, -0.2) is 4.39 Å². The van der Waals surface area contributed by atoms with Crippen molar-refractivity contribution in [1.29, 1.82) is 0 Å². The summed E-state index contributed by atoms with van der Waals surface area (Å²) in [7, 11) is 0. The maximum atomic E-state index is 12.2. The molecule has 2 rings (SSSR count). The second kappa shape index (κ2) is 4.53. The van der Waals surface area contributed by atoms with Crippen molar-refractivity contribution in [2.75, 3.05) is 39.6 Å². The first-order chi connectivity index (χ1) is 6.81. The Hall–Kier alpha value is -0.230. The van der Waals surface area contributed by atoms with Gasteiger partial charge in [-0.1, -0.05) is 0 Å². The molecule has 0 aliphatic carbocycles. The van der Waals surface area contributed by atoms with Gasteiger partial charge in [-0.2, -0.15) is 0 Å². The molecule has 1 N–H and O–H groups in total. The third kappa shape index (κ3) is 2.06. The van der Waals surface area contributed by atoms with Gasteiger partial charge in [-0.15, -0.1) is 0 Å². The predicted molar refractivity (Wildman–Crippen MR) is 47.9 cm³/mol. The highest BCUT2D eigenvalue weighted by molar-refractivity contribution is 4.87. The molecule has 14 heavy (non-hydrogen) atoms. The van der Waals surface area contributed by atoms with E-state index in [1.165, 1.54) is 0 Å². The van der Waals surface area contributed by atoms with Crippen LogP contribution in [-0.2, 0) is 9.47 Å². The minimum absolute atomic E-state index is 0.184. The van der Waals surface area contributed by atoms with E-state index in [0.29, 0.717) is 33.0 Å². The zero-order valence-electron chi connectivity index (χ0n) is 8.06. The number of alkyl halides is 1. The summed E-state index contributed by atoms with van der Waals surface area (Å²) in [5.74, 6) is 0. The SMILES string of the molecule is OC(CF)CN1C2COCC1COC2. The number of hydrogen-bond donors (Lipinski definition) is 1. The van der Waals surface area contributed by atoms with Crippen LogP contribution in [0.5, 0.6) is 0 Å². The second-order valence-electron chi connectivity index (χ2n) is 3.89. The summed E-state index contributed by atoms with van der Waals surface area (Å²) in [5.41, 5.74) is 0. The van der Waals surface area contributed by atoms with Crippen molar-refractivity contribution in [3.05, 3.63) is 0 Å². The summed E-state index contributed by atoms with van der Waals surface area (Å²) in [6, 6.07) is 0.368. The fraction of sp³-hybridized carbons (Fsp3) is 1.00. The second-order valence-corrected chi connectivity index (χ2v) is 3.89. The quantitative estimate of drug-likeness (QED) is 0.669. The number of aliphatic hydroxyl groups excluding tert-OH is 1. The van der Waals surface area contributed by atoms with Crippen LogP contribution in [0.3, 0.4) is 0 Å². The van der Waals surface area contributed by atoms with Crippen LogP contribution < -0.4 is 0 Å². The average molecular weight is 205 g/mol. The Kier molecular flexibility index (Phi) is 3.33. The molecule has 0 aromatic rings. The van der Waals surface area contributed by atoms with Crippen molar-refractivity contribution in [3.8, 4) is 0 Å². The Balaban J connectivity index is 1.94. The Morgan fingerprint density at radius 3 is 2.14 bits per heavy atom. The normalized spacial score (nSPS) is 35.6. The van der Waals surface area contributed by atoms with E-state index in [4.69, 9.17) is 9.47 Å². The van der Waals surface area contributed by atoms with Gasteiger partial charge in [0, 0.05) is 6.54 Å². The minimum atomic E-state index is -0.879. The molecule has 2 saturated heterocycles. The molecule has 2 aliphatic heterocycles. The molecule has 0 saturated carbocycles. The lowest BCUT2D eigenvalue weighted by atomic mass is 10.1. The number of nitrogens with zero attached hydrogens (tertiary/aromatic N) is 1. The predicted octanol–water partition coefficient (Wildman–Crippen LogP) is -0.584. The van der Waals surface area contributed by atoms with Crippen LogP contribution in [-0.4, -0.2) is 67.8 Å². The number of morpholine rings is 2. The van der Waals surface area contributed by atoms with Crippen LogP contribution in [0.4, 0.5) is 4.39 Å². The third-order valence-corrected chi connectivity index (χ3v) is 2.78. The average Bonchev–Trinajstić information content (AvgIpc) is 2.17. The molecule has 2 bridgehead atoms. The Morgan fingerprint density at radius 2 is 1.71 bits per heavy atom. The zero-order valence-corrected chi connectivity index (χ0v) is 8.06. The van der Waals surface area contributed by atoms with Gasteiger partial charge in [-0.3, -0.25) is 4.90 Å². The third-order valence-electron chi connectivity index (χ3n) is 2.78. The van der Waals surface area contributed by atoms with E-state index in [1.807, 2.05) is 0 Å². The Labute approximate surface area is 82.6 Å². The van der Waals surface area contributed by atoms with E-state index in [2.05, 4.69) is 4.90 Å². The molecule has 2 aliphatic rings. The van der Waals surface area contributed by atoms with E-state index in [9.17, 15) is 9.50 Å². The smallest absolute Gasteiger partial charge is 0.117 e. The maximum Gasteiger partial charge on any atom is 0.117 e. The zero-order chi connectivity index (χ0) is 9.97. The van der Waals surface area contributed by atoms with Gasteiger partial charge >= 0.3 is 0 Å². The number of rotatable bonds is 3. The lowest BCUT2D eigenvalue weighted by molar-refractivity contribution is -0.146. The van der Waals surface area contributed by atoms with Crippen LogP contribution >= 0.6 is 0 Å². The van der Waals surface area contributed by atoms with E-state index in [-0.39, 0.29) is 12.1 Å². The summed E-state index contributed by atoms with van der Waals surface area (Å²) in [5, 5.41) is 9.27. The van der Waals surface area contributed by atoms with Gasteiger partial charge in [0.1, 0.15) is 6.67 Å². The molecule has 1 atom stereocenters. The van der Waals surface area contributed by atoms with Crippen molar-refractivity contribution in [2.45, 2.75) is 18.2 Å². The van der Waals surface area contributed by atoms with Crippen LogP contribution in [0.25, 0.3) is 0 Å². The summed E-state index contributed by atoms with van der Waals surface area (Å²) < 4.78 is 22.9. The fourth-order valence-electron chi connectivity index (χ4n) is 2.05. The van der Waals surface area contributed by atoms with E-state index in [0.717, 1.165) is 0 Å². The molecule has 0 aromatic carbocycles. The molecule has 2 heterocycles. The van der Waals surface area contributed by atoms with E-state index >= 15 is 0 Å². The first kappa shape index (κ1) is 10.3. The lowest BCUT2D eigenvalue weighted by Crippen LogP contribution is -2.61. The van der Waals surface area contributed by atoms with Crippen molar-refractivity contribution < 1.29 is 19.0 Å². The molecule has 2 fully saturated rings. The van der Waals surface area contributed by atoms with Gasteiger partial charge < -0.3 is 14.6 Å². The molecule has 1 unspecified atom stereocenters.